The molecule has 2 amide bonds. The van der Waals surface area contributed by atoms with Gasteiger partial charge >= 0.3 is 0 Å². The number of amides is 2. The molecule has 0 aromatic heterocycles. The van der Waals surface area contributed by atoms with E-state index in [1.165, 1.54) is 0 Å². The Labute approximate surface area is 116 Å². The summed E-state index contributed by atoms with van der Waals surface area (Å²) in [6.45, 7) is -0.213. The van der Waals surface area contributed by atoms with Crippen molar-refractivity contribution in [3.8, 4) is 0 Å². The third-order valence-corrected chi connectivity index (χ3v) is 3.44. The van der Waals surface area contributed by atoms with E-state index in [0.29, 0.717) is 16.8 Å². The van der Waals surface area contributed by atoms with Gasteiger partial charge in [-0.15, -0.1) is 0 Å². The minimum absolute atomic E-state index is 0.196. The molecule has 4 nitrogen and oxygen atoms in total. The van der Waals surface area contributed by atoms with Gasteiger partial charge in [-0.25, -0.2) is 4.90 Å². The van der Waals surface area contributed by atoms with Crippen molar-refractivity contribution < 1.29 is 14.7 Å². The number of hydrogen-bond acceptors (Lipinski definition) is 3. The average molecular weight is 267 g/mol. The van der Waals surface area contributed by atoms with E-state index >= 15 is 0 Å². The molecule has 0 bridgehead atoms. The van der Waals surface area contributed by atoms with E-state index < -0.39 is 0 Å². The molecule has 4 heteroatoms. The van der Waals surface area contributed by atoms with E-state index in [2.05, 4.69) is 0 Å². The van der Waals surface area contributed by atoms with Crippen LogP contribution >= 0.6 is 0 Å². The van der Waals surface area contributed by atoms with Crippen LogP contribution in [0.3, 0.4) is 0 Å². The molecule has 0 aliphatic carbocycles. The summed E-state index contributed by atoms with van der Waals surface area (Å²) in [5.41, 5.74) is 2.31. The average Bonchev–Trinajstić information content (AvgIpc) is 2.48. The summed E-state index contributed by atoms with van der Waals surface area (Å²) in [5.74, 6) is -0.604. The van der Waals surface area contributed by atoms with Crippen molar-refractivity contribution in [3.05, 3.63) is 65.2 Å². The molecule has 3 rings (SSSR count). The van der Waals surface area contributed by atoms with Gasteiger partial charge in [0.25, 0.3) is 5.91 Å². The number of carbonyl (C=O) groups excluding carboxylic acids is 2. The Kier molecular flexibility index (Phi) is 3.08. The summed E-state index contributed by atoms with van der Waals surface area (Å²) in [7, 11) is 0. The van der Waals surface area contributed by atoms with E-state index in [-0.39, 0.29) is 24.8 Å². The molecule has 100 valence electrons. The number of hydrogen-bond donors (Lipinski definition) is 1. The van der Waals surface area contributed by atoms with E-state index in [1.54, 1.807) is 42.5 Å². The number of rotatable bonds is 2. The highest BCUT2D eigenvalue weighted by Gasteiger charge is 2.32. The molecule has 0 radical (unpaired) electrons. The van der Waals surface area contributed by atoms with Crippen molar-refractivity contribution in [1.82, 2.24) is 0 Å². The van der Waals surface area contributed by atoms with Crippen molar-refractivity contribution >= 4 is 17.5 Å². The predicted molar refractivity (Wildman–Crippen MR) is 74.3 cm³/mol. The summed E-state index contributed by atoms with van der Waals surface area (Å²) in [4.78, 5) is 25.9. The number of imide groups is 1. The molecule has 0 unspecified atom stereocenters. The van der Waals surface area contributed by atoms with Crippen LogP contribution in [0.15, 0.2) is 48.5 Å². The number of para-hydroxylation sites is 1. The van der Waals surface area contributed by atoms with Crippen molar-refractivity contribution in [2.45, 2.75) is 13.0 Å². The van der Waals surface area contributed by atoms with Gasteiger partial charge in [-0.05, 0) is 17.7 Å². The first-order chi connectivity index (χ1) is 9.72. The molecule has 0 saturated carbocycles. The largest absolute Gasteiger partial charge is 0.392 e. The molecule has 2 aromatic carbocycles. The fourth-order valence-corrected chi connectivity index (χ4v) is 2.47. The maximum Gasteiger partial charge on any atom is 0.265 e. The van der Waals surface area contributed by atoms with E-state index in [4.69, 9.17) is 0 Å². The van der Waals surface area contributed by atoms with Crippen LogP contribution in [0.2, 0.25) is 0 Å². The predicted octanol–water partition coefficient (Wildman–Crippen LogP) is 1.91. The maximum absolute atomic E-state index is 12.5. The van der Waals surface area contributed by atoms with Gasteiger partial charge in [0, 0.05) is 11.1 Å². The van der Waals surface area contributed by atoms with Gasteiger partial charge < -0.3 is 5.11 Å². The molecule has 0 fully saturated rings. The minimum Gasteiger partial charge on any atom is -0.392 e. The number of carbonyl (C=O) groups is 2. The number of nitrogens with zero attached hydrogens (tertiary/aromatic N) is 1. The van der Waals surface area contributed by atoms with Crippen LogP contribution in [0, 0.1) is 0 Å². The SMILES string of the molecule is O=C1Cc2ccccc2C(=O)N1c1ccccc1CO. The van der Waals surface area contributed by atoms with Crippen molar-refractivity contribution in [3.63, 3.8) is 0 Å². The molecule has 20 heavy (non-hydrogen) atoms. The van der Waals surface area contributed by atoms with E-state index in [0.717, 1.165) is 10.5 Å². The Morgan fingerprint density at radius 2 is 1.70 bits per heavy atom. The Bertz CT molecular complexity index is 694. The number of aliphatic hydroxyl groups excluding tert-OH is 1. The molecule has 1 aliphatic rings. The zero-order valence-corrected chi connectivity index (χ0v) is 10.7. The number of anilines is 1. The van der Waals surface area contributed by atoms with Crippen LogP contribution < -0.4 is 4.90 Å². The zero-order chi connectivity index (χ0) is 14.1. The second-order valence-corrected chi connectivity index (χ2v) is 4.66. The van der Waals surface area contributed by atoms with E-state index in [1.807, 2.05) is 6.07 Å². The lowest BCUT2D eigenvalue weighted by molar-refractivity contribution is -0.117. The first-order valence-corrected chi connectivity index (χ1v) is 6.36. The van der Waals surface area contributed by atoms with Crippen molar-refractivity contribution in [1.29, 1.82) is 0 Å². The lowest BCUT2D eigenvalue weighted by atomic mass is 9.97. The molecule has 0 saturated heterocycles. The third kappa shape index (κ3) is 1.90. The van der Waals surface area contributed by atoms with Gasteiger partial charge in [-0.3, -0.25) is 9.59 Å². The minimum atomic E-state index is -0.335. The molecule has 0 atom stereocenters. The topological polar surface area (TPSA) is 57.6 Å². The Hall–Kier alpha value is -2.46. The normalized spacial score (nSPS) is 14.3. The second-order valence-electron chi connectivity index (χ2n) is 4.66. The smallest absolute Gasteiger partial charge is 0.265 e. The Balaban J connectivity index is 2.11. The van der Waals surface area contributed by atoms with Gasteiger partial charge in [0.1, 0.15) is 0 Å². The molecular weight excluding hydrogens is 254 g/mol. The molecule has 0 spiro atoms. The van der Waals surface area contributed by atoms with Gasteiger partial charge in [0.2, 0.25) is 5.91 Å². The zero-order valence-electron chi connectivity index (χ0n) is 10.7. The molecule has 1 heterocycles. The first-order valence-electron chi connectivity index (χ1n) is 6.36. The monoisotopic (exact) mass is 267 g/mol. The van der Waals surface area contributed by atoms with Crippen LogP contribution in [-0.4, -0.2) is 16.9 Å². The standard InChI is InChI=1S/C16H13NO3/c18-10-12-6-2-4-8-14(12)17-15(19)9-11-5-1-3-7-13(11)16(17)20/h1-8,18H,9-10H2. The van der Waals surface area contributed by atoms with Crippen LogP contribution in [0.1, 0.15) is 21.5 Å². The molecule has 1 aliphatic heterocycles. The molecule has 2 aromatic rings. The summed E-state index contributed by atoms with van der Waals surface area (Å²) >= 11 is 0. The fraction of sp³-hybridized carbons (Fsp3) is 0.125. The summed E-state index contributed by atoms with van der Waals surface area (Å²) in [5, 5.41) is 9.37. The molecular formula is C16H13NO3. The van der Waals surface area contributed by atoms with Crippen LogP contribution in [0.4, 0.5) is 5.69 Å². The highest BCUT2D eigenvalue weighted by atomic mass is 16.3. The van der Waals surface area contributed by atoms with Crippen molar-refractivity contribution in [2.24, 2.45) is 0 Å². The highest BCUT2D eigenvalue weighted by molar-refractivity contribution is 6.24. The lowest BCUT2D eigenvalue weighted by Crippen LogP contribution is -2.42. The van der Waals surface area contributed by atoms with Gasteiger partial charge in [0.05, 0.1) is 18.7 Å². The molecule has 1 N–H and O–H groups in total. The quantitative estimate of drug-likeness (QED) is 0.846. The maximum atomic E-state index is 12.5. The van der Waals surface area contributed by atoms with Gasteiger partial charge in [-0.1, -0.05) is 36.4 Å². The summed E-state index contributed by atoms with van der Waals surface area (Å²) in [6.07, 6.45) is 0.196. The third-order valence-electron chi connectivity index (χ3n) is 3.44. The van der Waals surface area contributed by atoms with E-state index in [9.17, 15) is 14.7 Å². The summed E-state index contributed by atoms with van der Waals surface area (Å²) < 4.78 is 0. The first kappa shape index (κ1) is 12.6. The van der Waals surface area contributed by atoms with Gasteiger partial charge in [-0.2, -0.15) is 0 Å². The van der Waals surface area contributed by atoms with Crippen LogP contribution in [0.5, 0.6) is 0 Å². The van der Waals surface area contributed by atoms with Crippen molar-refractivity contribution in [2.75, 3.05) is 4.90 Å². The summed E-state index contributed by atoms with van der Waals surface area (Å²) in [6, 6.07) is 14.0. The lowest BCUT2D eigenvalue weighted by Gasteiger charge is -2.28. The Morgan fingerprint density at radius 1 is 1.00 bits per heavy atom. The number of aliphatic hydroxyl groups is 1. The fourth-order valence-electron chi connectivity index (χ4n) is 2.47. The number of benzene rings is 2. The number of fused-ring (bicyclic) bond motifs is 1. The second kappa shape index (κ2) is 4.90. The van der Waals surface area contributed by atoms with Gasteiger partial charge in [0.15, 0.2) is 0 Å². The van der Waals surface area contributed by atoms with Crippen LogP contribution in [-0.2, 0) is 17.8 Å². The van der Waals surface area contributed by atoms with Crippen LogP contribution in [0.25, 0.3) is 0 Å². The highest BCUT2D eigenvalue weighted by Crippen LogP contribution is 2.28. The Morgan fingerprint density at radius 3 is 2.50 bits per heavy atom.